The molecule has 26 heavy (non-hydrogen) atoms. The summed E-state index contributed by atoms with van der Waals surface area (Å²) in [6.07, 6.45) is 6.76. The van der Waals surface area contributed by atoms with E-state index >= 15 is 0 Å². The molecule has 1 N–H and O–H groups in total. The van der Waals surface area contributed by atoms with Crippen LogP contribution in [0.4, 0.5) is 5.69 Å². The van der Waals surface area contributed by atoms with E-state index in [0.29, 0.717) is 0 Å². The number of rotatable bonds is 4. The zero-order chi connectivity index (χ0) is 17.9. The highest BCUT2D eigenvalue weighted by atomic mass is 16.3. The van der Waals surface area contributed by atoms with Crippen LogP contribution < -0.4 is 5.32 Å². The van der Waals surface area contributed by atoms with Crippen LogP contribution in [0, 0.1) is 0 Å². The summed E-state index contributed by atoms with van der Waals surface area (Å²) in [4.78, 5) is 12.0. The van der Waals surface area contributed by atoms with Gasteiger partial charge in [0.15, 0.2) is 0 Å². The van der Waals surface area contributed by atoms with Crippen molar-refractivity contribution < 1.29 is 9.21 Å². The van der Waals surface area contributed by atoms with Crippen LogP contribution in [0.3, 0.4) is 0 Å². The lowest BCUT2D eigenvalue weighted by atomic mass is 10.1. The first-order chi connectivity index (χ1) is 12.7. The van der Waals surface area contributed by atoms with Crippen LogP contribution >= 0.6 is 0 Å². The number of aryl methyl sites for hydroxylation is 1. The van der Waals surface area contributed by atoms with Gasteiger partial charge in [0, 0.05) is 41.5 Å². The Morgan fingerprint density at radius 2 is 1.96 bits per heavy atom. The first kappa shape index (κ1) is 15.9. The Hall–Kier alpha value is -3.60. The van der Waals surface area contributed by atoms with Crippen LogP contribution in [0.5, 0.6) is 0 Å². The molecule has 0 radical (unpaired) electrons. The maximum absolute atomic E-state index is 12.0. The Kier molecular flexibility index (Phi) is 4.11. The van der Waals surface area contributed by atoms with Gasteiger partial charge in [-0.05, 0) is 42.5 Å². The number of nitrogens with zero attached hydrogens (tertiary/aromatic N) is 2. The van der Waals surface area contributed by atoms with Crippen LogP contribution in [-0.2, 0) is 11.8 Å². The van der Waals surface area contributed by atoms with Crippen LogP contribution in [0.2, 0.25) is 0 Å². The fourth-order valence-electron chi connectivity index (χ4n) is 2.72. The second-order valence-electron chi connectivity index (χ2n) is 6.00. The van der Waals surface area contributed by atoms with Gasteiger partial charge in [-0.25, -0.2) is 0 Å². The molecule has 0 saturated heterocycles. The van der Waals surface area contributed by atoms with E-state index in [1.54, 1.807) is 17.0 Å². The summed E-state index contributed by atoms with van der Waals surface area (Å²) < 4.78 is 7.55. The lowest BCUT2D eigenvalue weighted by Gasteiger charge is -2.03. The number of hydrogen-bond donors (Lipinski definition) is 1. The van der Waals surface area contributed by atoms with Gasteiger partial charge < -0.3 is 9.73 Å². The molecule has 0 saturated carbocycles. The van der Waals surface area contributed by atoms with Crippen LogP contribution in [-0.4, -0.2) is 15.7 Å². The van der Waals surface area contributed by atoms with Crippen molar-refractivity contribution in [1.82, 2.24) is 9.78 Å². The van der Waals surface area contributed by atoms with Crippen molar-refractivity contribution in [2.75, 3.05) is 5.32 Å². The van der Waals surface area contributed by atoms with E-state index in [1.165, 1.54) is 6.08 Å². The fourth-order valence-corrected chi connectivity index (χ4v) is 2.72. The molecule has 2 heterocycles. The molecular formula is C21H17N3O2. The molecule has 0 fully saturated rings. The average molecular weight is 343 g/mol. The number of anilines is 1. The first-order valence-electron chi connectivity index (χ1n) is 8.24. The topological polar surface area (TPSA) is 60.1 Å². The van der Waals surface area contributed by atoms with Crippen molar-refractivity contribution in [3.63, 3.8) is 0 Å². The SMILES string of the molecule is Cn1cc(/C=C\C(=O)Nc2ccc(-c3cc4ccccc4o3)cc2)cn1. The minimum atomic E-state index is -0.189. The molecule has 4 rings (SSSR count). The van der Waals surface area contributed by atoms with Crippen LogP contribution in [0.15, 0.2) is 77.5 Å². The molecule has 4 aromatic rings. The highest BCUT2D eigenvalue weighted by molar-refractivity contribution is 6.02. The summed E-state index contributed by atoms with van der Waals surface area (Å²) in [6.45, 7) is 0. The standard InChI is InChI=1S/C21H17N3O2/c1-24-14-15(13-22-24)6-11-21(25)23-18-9-7-16(8-10-18)20-12-17-4-2-3-5-19(17)26-20/h2-14H,1H3,(H,23,25)/b11-6-. The molecule has 128 valence electrons. The Bertz CT molecular complexity index is 1050. The van der Waals surface area contributed by atoms with Gasteiger partial charge in [-0.2, -0.15) is 5.10 Å². The van der Waals surface area contributed by atoms with Gasteiger partial charge >= 0.3 is 0 Å². The fraction of sp³-hybridized carbons (Fsp3) is 0.0476. The summed E-state index contributed by atoms with van der Waals surface area (Å²) in [7, 11) is 1.83. The van der Waals surface area contributed by atoms with Crippen molar-refractivity contribution in [1.29, 1.82) is 0 Å². The van der Waals surface area contributed by atoms with Crippen molar-refractivity contribution in [3.05, 3.63) is 78.6 Å². The molecule has 0 aliphatic rings. The van der Waals surface area contributed by atoms with E-state index in [9.17, 15) is 4.79 Å². The number of para-hydroxylation sites is 1. The highest BCUT2D eigenvalue weighted by Crippen LogP contribution is 2.28. The maximum atomic E-state index is 12.0. The monoisotopic (exact) mass is 343 g/mol. The summed E-state index contributed by atoms with van der Waals surface area (Å²) in [6, 6.07) is 17.5. The van der Waals surface area contributed by atoms with Gasteiger partial charge in [0.05, 0.1) is 6.20 Å². The van der Waals surface area contributed by atoms with Gasteiger partial charge in [0.1, 0.15) is 11.3 Å². The van der Waals surface area contributed by atoms with Crippen LogP contribution in [0.25, 0.3) is 28.4 Å². The average Bonchev–Trinajstić information content (AvgIpc) is 3.26. The minimum Gasteiger partial charge on any atom is -0.456 e. The summed E-state index contributed by atoms with van der Waals surface area (Å²) in [5, 5.41) is 7.97. The van der Waals surface area contributed by atoms with E-state index < -0.39 is 0 Å². The zero-order valence-corrected chi connectivity index (χ0v) is 14.2. The number of carbonyl (C=O) groups excluding carboxylic acids is 1. The molecule has 0 atom stereocenters. The lowest BCUT2D eigenvalue weighted by molar-refractivity contribution is -0.111. The molecule has 5 heteroatoms. The predicted molar refractivity (Wildman–Crippen MR) is 103 cm³/mol. The molecule has 2 aromatic carbocycles. The molecule has 1 amide bonds. The second kappa shape index (κ2) is 6.72. The third-order valence-corrected chi connectivity index (χ3v) is 4.01. The summed E-state index contributed by atoms with van der Waals surface area (Å²) in [5.41, 5.74) is 3.43. The number of furan rings is 1. The first-order valence-corrected chi connectivity index (χ1v) is 8.24. The Labute approximate surface area is 150 Å². The van der Waals surface area contributed by atoms with Gasteiger partial charge in [0.2, 0.25) is 5.91 Å². The minimum absolute atomic E-state index is 0.189. The number of benzene rings is 2. The smallest absolute Gasteiger partial charge is 0.248 e. The zero-order valence-electron chi connectivity index (χ0n) is 14.2. The van der Waals surface area contributed by atoms with E-state index in [-0.39, 0.29) is 5.91 Å². The largest absolute Gasteiger partial charge is 0.456 e. The predicted octanol–water partition coefficient (Wildman–Crippen LogP) is 4.49. The number of nitrogens with one attached hydrogen (secondary N) is 1. The van der Waals surface area contributed by atoms with E-state index in [0.717, 1.165) is 33.5 Å². The molecule has 0 unspecified atom stereocenters. The molecule has 2 aromatic heterocycles. The quantitative estimate of drug-likeness (QED) is 0.556. The lowest BCUT2D eigenvalue weighted by Crippen LogP contribution is -2.07. The van der Waals surface area contributed by atoms with E-state index in [1.807, 2.05) is 67.8 Å². The van der Waals surface area contributed by atoms with Gasteiger partial charge in [-0.3, -0.25) is 9.48 Å². The Morgan fingerprint density at radius 3 is 2.69 bits per heavy atom. The number of amides is 1. The van der Waals surface area contributed by atoms with Gasteiger partial charge in [-0.15, -0.1) is 0 Å². The molecular weight excluding hydrogens is 326 g/mol. The number of fused-ring (bicyclic) bond motifs is 1. The molecule has 0 aliphatic carbocycles. The molecule has 5 nitrogen and oxygen atoms in total. The normalized spacial score (nSPS) is 11.3. The summed E-state index contributed by atoms with van der Waals surface area (Å²) in [5.74, 6) is 0.617. The second-order valence-corrected chi connectivity index (χ2v) is 6.00. The Balaban J connectivity index is 1.45. The molecule has 0 bridgehead atoms. The third kappa shape index (κ3) is 3.42. The maximum Gasteiger partial charge on any atom is 0.248 e. The number of carbonyl (C=O) groups is 1. The molecule has 0 aliphatic heterocycles. The third-order valence-electron chi connectivity index (χ3n) is 4.01. The Morgan fingerprint density at radius 1 is 1.15 bits per heavy atom. The number of hydrogen-bond acceptors (Lipinski definition) is 3. The van der Waals surface area contributed by atoms with Crippen molar-refractivity contribution >= 4 is 28.6 Å². The van der Waals surface area contributed by atoms with Crippen molar-refractivity contribution in [2.45, 2.75) is 0 Å². The van der Waals surface area contributed by atoms with Crippen molar-refractivity contribution in [3.8, 4) is 11.3 Å². The molecule has 0 spiro atoms. The summed E-state index contributed by atoms with van der Waals surface area (Å²) >= 11 is 0. The highest BCUT2D eigenvalue weighted by Gasteiger charge is 2.06. The van der Waals surface area contributed by atoms with Crippen LogP contribution in [0.1, 0.15) is 5.56 Å². The van der Waals surface area contributed by atoms with E-state index in [2.05, 4.69) is 10.4 Å². The van der Waals surface area contributed by atoms with Gasteiger partial charge in [-0.1, -0.05) is 18.2 Å². The van der Waals surface area contributed by atoms with Gasteiger partial charge in [0.25, 0.3) is 0 Å². The number of aromatic nitrogens is 2. The van der Waals surface area contributed by atoms with E-state index in [4.69, 9.17) is 4.42 Å². The van der Waals surface area contributed by atoms with Crippen molar-refractivity contribution in [2.24, 2.45) is 7.05 Å².